The average molecular weight is 460 g/mol. The zero-order chi connectivity index (χ0) is 15.0. The third kappa shape index (κ3) is 3.13. The highest BCUT2D eigenvalue weighted by molar-refractivity contribution is 14.1. The number of nitrogens with zero attached hydrogens (tertiary/aromatic N) is 1. The Bertz CT molecular complexity index is 719. The number of carbonyl (C=O) groups excluding carboxylic acids is 1. The van der Waals surface area contributed by atoms with Crippen molar-refractivity contribution >= 4 is 50.1 Å². The molecule has 21 heavy (non-hydrogen) atoms. The number of halogens is 3. The molecule has 0 N–H and O–H groups in total. The number of amides is 1. The lowest BCUT2D eigenvalue weighted by molar-refractivity contribution is -0.119. The fourth-order valence-corrected chi connectivity index (χ4v) is 3.55. The average Bonchev–Trinajstić information content (AvgIpc) is 2.44. The molecule has 0 unspecified atom stereocenters. The van der Waals surface area contributed by atoms with Crippen LogP contribution in [0.2, 0.25) is 0 Å². The van der Waals surface area contributed by atoms with Gasteiger partial charge in [0.1, 0.15) is 5.82 Å². The van der Waals surface area contributed by atoms with Crippen LogP contribution < -0.4 is 4.90 Å². The van der Waals surface area contributed by atoms with Crippen LogP contribution in [0.15, 0.2) is 40.9 Å². The van der Waals surface area contributed by atoms with E-state index >= 15 is 0 Å². The topological polar surface area (TPSA) is 20.3 Å². The summed E-state index contributed by atoms with van der Waals surface area (Å²) in [5.41, 5.74) is 3.05. The maximum atomic E-state index is 13.2. The third-order valence-electron chi connectivity index (χ3n) is 3.59. The molecule has 0 aliphatic carbocycles. The van der Waals surface area contributed by atoms with Gasteiger partial charge in [0, 0.05) is 20.2 Å². The summed E-state index contributed by atoms with van der Waals surface area (Å²) in [6, 6.07) is 10.7. The molecule has 1 heterocycles. The summed E-state index contributed by atoms with van der Waals surface area (Å²) in [5, 5.41) is 0. The molecule has 0 atom stereocenters. The van der Waals surface area contributed by atoms with E-state index in [4.69, 9.17) is 0 Å². The van der Waals surface area contributed by atoms with E-state index in [1.54, 1.807) is 11.0 Å². The van der Waals surface area contributed by atoms with Crippen molar-refractivity contribution in [2.24, 2.45) is 0 Å². The van der Waals surface area contributed by atoms with Crippen molar-refractivity contribution in [1.82, 2.24) is 0 Å². The first-order chi connectivity index (χ1) is 10.0. The van der Waals surface area contributed by atoms with E-state index in [0.717, 1.165) is 17.7 Å². The van der Waals surface area contributed by atoms with Crippen molar-refractivity contribution in [2.45, 2.75) is 19.4 Å². The fraction of sp³-hybridized carbons (Fsp3) is 0.188. The molecule has 5 heteroatoms. The van der Waals surface area contributed by atoms with Gasteiger partial charge in [0.15, 0.2) is 0 Å². The van der Waals surface area contributed by atoms with Gasteiger partial charge in [-0.1, -0.05) is 22.0 Å². The molecule has 0 saturated heterocycles. The molecular formula is C16H12BrFINO. The molecule has 0 spiro atoms. The molecular weight excluding hydrogens is 448 g/mol. The first-order valence-corrected chi connectivity index (χ1v) is 8.44. The molecule has 0 aromatic heterocycles. The van der Waals surface area contributed by atoms with Crippen LogP contribution in [0.5, 0.6) is 0 Å². The minimum absolute atomic E-state index is 0.111. The van der Waals surface area contributed by atoms with Crippen LogP contribution in [0.3, 0.4) is 0 Å². The van der Waals surface area contributed by atoms with Crippen LogP contribution in [0, 0.1) is 9.39 Å². The summed E-state index contributed by atoms with van der Waals surface area (Å²) >= 11 is 5.64. The molecule has 2 nitrogen and oxygen atoms in total. The molecule has 0 radical (unpaired) electrons. The summed E-state index contributed by atoms with van der Waals surface area (Å²) in [5.74, 6) is -0.175. The highest BCUT2D eigenvalue weighted by Crippen LogP contribution is 2.31. The third-order valence-corrected chi connectivity index (χ3v) is 4.99. The number of aryl methyl sites for hydroxylation is 1. The maximum absolute atomic E-state index is 13.2. The van der Waals surface area contributed by atoms with E-state index < -0.39 is 0 Å². The number of hydrogen-bond acceptors (Lipinski definition) is 1. The Morgan fingerprint density at radius 1 is 1.19 bits per heavy atom. The lowest BCUT2D eigenvalue weighted by atomic mass is 10.0. The van der Waals surface area contributed by atoms with E-state index in [1.807, 2.05) is 12.1 Å². The van der Waals surface area contributed by atoms with E-state index in [-0.39, 0.29) is 11.7 Å². The Morgan fingerprint density at radius 2 is 2.00 bits per heavy atom. The molecule has 1 aliphatic rings. The summed E-state index contributed by atoms with van der Waals surface area (Å²) in [6.07, 6.45) is 1.30. The molecule has 2 aromatic carbocycles. The molecule has 3 rings (SSSR count). The number of rotatable bonds is 2. The van der Waals surface area contributed by atoms with Gasteiger partial charge in [0.25, 0.3) is 0 Å². The SMILES string of the molecule is O=C1CCc2cc(I)ccc2N1Cc1ccc(F)cc1Br. The second kappa shape index (κ2) is 6.04. The van der Waals surface area contributed by atoms with E-state index in [1.165, 1.54) is 21.3 Å². The van der Waals surface area contributed by atoms with E-state index in [0.29, 0.717) is 17.4 Å². The van der Waals surface area contributed by atoms with Gasteiger partial charge in [0.2, 0.25) is 5.91 Å². The molecule has 1 aliphatic heterocycles. The zero-order valence-electron chi connectivity index (χ0n) is 11.1. The smallest absolute Gasteiger partial charge is 0.227 e. The van der Waals surface area contributed by atoms with Crippen molar-refractivity contribution in [3.8, 4) is 0 Å². The molecule has 0 saturated carbocycles. The normalized spacial score (nSPS) is 14.2. The van der Waals surface area contributed by atoms with Crippen molar-refractivity contribution in [3.05, 3.63) is 61.4 Å². The van der Waals surface area contributed by atoms with Crippen LogP contribution in [0.25, 0.3) is 0 Å². The Hall–Kier alpha value is -0.950. The predicted molar refractivity (Wildman–Crippen MR) is 92.8 cm³/mol. The van der Waals surface area contributed by atoms with Crippen molar-refractivity contribution in [1.29, 1.82) is 0 Å². The van der Waals surface area contributed by atoms with E-state index in [2.05, 4.69) is 44.6 Å². The highest BCUT2D eigenvalue weighted by Gasteiger charge is 2.24. The van der Waals surface area contributed by atoms with Gasteiger partial charge in [-0.3, -0.25) is 4.79 Å². The summed E-state index contributed by atoms with van der Waals surface area (Å²) in [6.45, 7) is 0.452. The summed E-state index contributed by atoms with van der Waals surface area (Å²) in [7, 11) is 0. The highest BCUT2D eigenvalue weighted by atomic mass is 127. The summed E-state index contributed by atoms with van der Waals surface area (Å²) in [4.78, 5) is 14.0. The van der Waals surface area contributed by atoms with Crippen LogP contribution in [0.1, 0.15) is 17.5 Å². The Balaban J connectivity index is 1.96. The van der Waals surface area contributed by atoms with Crippen LogP contribution in [-0.2, 0) is 17.8 Å². The maximum Gasteiger partial charge on any atom is 0.227 e. The summed E-state index contributed by atoms with van der Waals surface area (Å²) < 4.78 is 15.0. The van der Waals surface area contributed by atoms with Gasteiger partial charge in [0.05, 0.1) is 6.54 Å². The minimum atomic E-state index is -0.287. The Kier molecular flexibility index (Phi) is 4.31. The van der Waals surface area contributed by atoms with Crippen LogP contribution >= 0.6 is 38.5 Å². The first kappa shape index (κ1) is 15.0. The quantitative estimate of drug-likeness (QED) is 0.597. The lowest BCUT2D eigenvalue weighted by Crippen LogP contribution is -2.34. The van der Waals surface area contributed by atoms with Crippen molar-refractivity contribution in [2.75, 3.05) is 4.90 Å². The van der Waals surface area contributed by atoms with Gasteiger partial charge in [-0.15, -0.1) is 0 Å². The van der Waals surface area contributed by atoms with Gasteiger partial charge in [-0.25, -0.2) is 4.39 Å². The lowest BCUT2D eigenvalue weighted by Gasteiger charge is -2.30. The van der Waals surface area contributed by atoms with Gasteiger partial charge < -0.3 is 4.90 Å². The predicted octanol–water partition coefficient (Wildman–Crippen LogP) is 4.67. The number of benzene rings is 2. The second-order valence-corrected chi connectivity index (χ2v) is 7.09. The molecule has 0 fully saturated rings. The largest absolute Gasteiger partial charge is 0.308 e. The monoisotopic (exact) mass is 459 g/mol. The number of anilines is 1. The van der Waals surface area contributed by atoms with Crippen LogP contribution in [-0.4, -0.2) is 5.91 Å². The first-order valence-electron chi connectivity index (χ1n) is 6.57. The second-order valence-electron chi connectivity index (χ2n) is 4.99. The molecule has 108 valence electrons. The minimum Gasteiger partial charge on any atom is -0.308 e. The number of carbonyl (C=O) groups is 1. The Labute approximate surface area is 144 Å². The van der Waals surface area contributed by atoms with E-state index in [9.17, 15) is 9.18 Å². The van der Waals surface area contributed by atoms with Crippen molar-refractivity contribution < 1.29 is 9.18 Å². The van der Waals surface area contributed by atoms with Gasteiger partial charge in [-0.05, 0) is 70.5 Å². The number of fused-ring (bicyclic) bond motifs is 1. The van der Waals surface area contributed by atoms with Gasteiger partial charge in [-0.2, -0.15) is 0 Å². The molecule has 1 amide bonds. The zero-order valence-corrected chi connectivity index (χ0v) is 14.8. The molecule has 2 aromatic rings. The van der Waals surface area contributed by atoms with Crippen molar-refractivity contribution in [3.63, 3.8) is 0 Å². The van der Waals surface area contributed by atoms with Gasteiger partial charge >= 0.3 is 0 Å². The fourth-order valence-electron chi connectivity index (χ4n) is 2.52. The standard InChI is InChI=1S/C16H12BrFINO/c17-14-8-12(18)3-1-11(14)9-20-15-5-4-13(19)7-10(15)2-6-16(20)21/h1,3-5,7-8H,2,6,9H2. The van der Waals surface area contributed by atoms with Crippen LogP contribution in [0.4, 0.5) is 10.1 Å². The number of hydrogen-bond donors (Lipinski definition) is 0. The molecule has 0 bridgehead atoms. The Morgan fingerprint density at radius 3 is 2.76 bits per heavy atom.